The fraction of sp³-hybridized carbons (Fsp3) is 0. The Bertz CT molecular complexity index is 2890. The van der Waals surface area contributed by atoms with E-state index < -0.39 is 0 Å². The normalized spacial score (nSPS) is 11.6. The van der Waals surface area contributed by atoms with Crippen LogP contribution >= 0.6 is 0 Å². The van der Waals surface area contributed by atoms with Crippen molar-refractivity contribution in [2.75, 3.05) is 4.90 Å². The average molecular weight is 639 g/mol. The monoisotopic (exact) mass is 638 g/mol. The average Bonchev–Trinajstić information content (AvgIpc) is 3.58. The Labute approximate surface area is 289 Å². The zero-order valence-corrected chi connectivity index (χ0v) is 27.1. The highest BCUT2D eigenvalue weighted by Gasteiger charge is 2.21. The van der Waals surface area contributed by atoms with Crippen LogP contribution in [0.25, 0.3) is 76.5 Å². The maximum absolute atomic E-state index is 6.84. The molecule has 2 heterocycles. The largest absolute Gasteiger partial charge is 0.453 e. The van der Waals surface area contributed by atoms with Crippen LogP contribution in [-0.4, -0.2) is 4.98 Å². The number of furan rings is 1. The summed E-state index contributed by atoms with van der Waals surface area (Å²) >= 11 is 0. The minimum absolute atomic E-state index is 0.841. The van der Waals surface area contributed by atoms with Crippen LogP contribution in [0.4, 0.5) is 17.1 Å². The van der Waals surface area contributed by atoms with Crippen LogP contribution in [0, 0.1) is 0 Å². The van der Waals surface area contributed by atoms with Gasteiger partial charge in [-0.25, -0.2) is 0 Å². The zero-order chi connectivity index (χ0) is 33.0. The summed E-state index contributed by atoms with van der Waals surface area (Å²) in [7, 11) is 0. The molecule has 8 aromatic carbocycles. The molecule has 0 unspecified atom stereocenters. The molecule has 0 radical (unpaired) electrons. The van der Waals surface area contributed by atoms with Crippen molar-refractivity contribution in [2.24, 2.45) is 0 Å². The van der Waals surface area contributed by atoms with Crippen molar-refractivity contribution in [1.82, 2.24) is 4.98 Å². The first kappa shape index (κ1) is 28.3. The molecule has 0 saturated carbocycles. The van der Waals surface area contributed by atoms with Gasteiger partial charge in [0.15, 0.2) is 5.58 Å². The summed E-state index contributed by atoms with van der Waals surface area (Å²) in [5.74, 6) is 0. The summed E-state index contributed by atoms with van der Waals surface area (Å²) in [5, 5.41) is 9.22. The number of benzene rings is 8. The van der Waals surface area contributed by atoms with Crippen molar-refractivity contribution in [3.05, 3.63) is 182 Å². The van der Waals surface area contributed by atoms with E-state index >= 15 is 0 Å². The van der Waals surface area contributed by atoms with E-state index in [1.165, 1.54) is 38.2 Å². The summed E-state index contributed by atoms with van der Waals surface area (Å²) in [6.07, 6.45) is 3.73. The van der Waals surface area contributed by atoms with Crippen molar-refractivity contribution >= 4 is 71.3 Å². The topological polar surface area (TPSA) is 29.3 Å². The lowest BCUT2D eigenvalue weighted by molar-refractivity contribution is 0.672. The molecule has 2 aromatic heterocycles. The molecule has 234 valence electrons. The number of nitrogens with zero attached hydrogens (tertiary/aromatic N) is 2. The van der Waals surface area contributed by atoms with Gasteiger partial charge < -0.3 is 9.32 Å². The van der Waals surface area contributed by atoms with Gasteiger partial charge >= 0.3 is 0 Å². The molecule has 10 rings (SSSR count). The second-order valence-electron chi connectivity index (χ2n) is 12.9. The number of anilines is 3. The summed E-state index contributed by atoms with van der Waals surface area (Å²) < 4.78 is 6.84. The van der Waals surface area contributed by atoms with Gasteiger partial charge in [0, 0.05) is 39.9 Å². The number of para-hydroxylation sites is 1. The van der Waals surface area contributed by atoms with Crippen molar-refractivity contribution in [2.45, 2.75) is 0 Å². The van der Waals surface area contributed by atoms with E-state index in [0.29, 0.717) is 0 Å². The van der Waals surface area contributed by atoms with Gasteiger partial charge in [-0.2, -0.15) is 0 Å². The molecular formula is C47H30N2O. The first-order valence-electron chi connectivity index (χ1n) is 16.9. The number of rotatable bonds is 5. The number of aromatic nitrogens is 1. The van der Waals surface area contributed by atoms with Gasteiger partial charge in [0.1, 0.15) is 5.58 Å². The maximum Gasteiger partial charge on any atom is 0.159 e. The Morgan fingerprint density at radius 1 is 0.380 bits per heavy atom. The lowest BCUT2D eigenvalue weighted by Gasteiger charge is -2.26. The lowest BCUT2D eigenvalue weighted by atomic mass is 9.99. The third-order valence-corrected chi connectivity index (χ3v) is 9.90. The van der Waals surface area contributed by atoms with Crippen molar-refractivity contribution in [1.29, 1.82) is 0 Å². The van der Waals surface area contributed by atoms with E-state index in [1.54, 1.807) is 0 Å². The Hall–Kier alpha value is -6.71. The maximum atomic E-state index is 6.84. The minimum atomic E-state index is 0.841. The molecule has 3 nitrogen and oxygen atoms in total. The molecule has 0 saturated heterocycles. The Kier molecular flexibility index (Phi) is 6.49. The fourth-order valence-electron chi connectivity index (χ4n) is 7.37. The predicted octanol–water partition coefficient (Wildman–Crippen LogP) is 13.2. The molecular weight excluding hydrogens is 609 g/mol. The van der Waals surface area contributed by atoms with Crippen LogP contribution in [-0.2, 0) is 0 Å². The van der Waals surface area contributed by atoms with E-state index in [-0.39, 0.29) is 0 Å². The highest BCUT2D eigenvalue weighted by atomic mass is 16.3. The van der Waals surface area contributed by atoms with Crippen molar-refractivity contribution in [3.63, 3.8) is 0 Å². The Morgan fingerprint density at radius 3 is 1.76 bits per heavy atom. The zero-order valence-electron chi connectivity index (χ0n) is 27.1. The van der Waals surface area contributed by atoms with E-state index in [0.717, 1.165) is 55.3 Å². The second-order valence-corrected chi connectivity index (χ2v) is 12.9. The summed E-state index contributed by atoms with van der Waals surface area (Å²) in [6.45, 7) is 0. The molecule has 0 amide bonds. The van der Waals surface area contributed by atoms with Crippen LogP contribution in [0.3, 0.4) is 0 Å². The molecule has 0 aliphatic rings. The number of hydrogen-bond donors (Lipinski definition) is 0. The summed E-state index contributed by atoms with van der Waals surface area (Å²) in [5.41, 5.74) is 9.47. The Balaban J connectivity index is 1.16. The number of fused-ring (bicyclic) bond motifs is 7. The van der Waals surface area contributed by atoms with Gasteiger partial charge in [-0.3, -0.25) is 4.98 Å². The quantitative estimate of drug-likeness (QED) is 0.188. The third-order valence-electron chi connectivity index (χ3n) is 9.90. The van der Waals surface area contributed by atoms with E-state index in [2.05, 4.69) is 174 Å². The minimum Gasteiger partial charge on any atom is -0.453 e. The van der Waals surface area contributed by atoms with Gasteiger partial charge in [0.2, 0.25) is 0 Å². The SMILES string of the molecule is c1cc(-c2ccc3ccccc3c2)cc(N(c2ccc(-c3ccc4ccccc4c3)cc2)c2cccc3c2oc2c4cnccc4ccc32)c1. The molecule has 50 heavy (non-hydrogen) atoms. The van der Waals surface area contributed by atoms with E-state index in [9.17, 15) is 0 Å². The first-order valence-corrected chi connectivity index (χ1v) is 16.9. The van der Waals surface area contributed by atoms with Crippen LogP contribution in [0.15, 0.2) is 187 Å². The van der Waals surface area contributed by atoms with Gasteiger partial charge in [-0.15, -0.1) is 0 Å². The first-order chi connectivity index (χ1) is 24.8. The molecule has 0 aliphatic carbocycles. The fourth-order valence-corrected chi connectivity index (χ4v) is 7.37. The van der Waals surface area contributed by atoms with Crippen molar-refractivity contribution < 1.29 is 4.42 Å². The van der Waals surface area contributed by atoms with Crippen LogP contribution in [0.5, 0.6) is 0 Å². The smallest absolute Gasteiger partial charge is 0.159 e. The number of pyridine rings is 1. The standard InChI is InChI=1S/C47H30N2O/c1-3-9-35-27-38(17-15-31(35)7-1)33-19-22-40(23-20-33)49(41-12-5-11-37(29-41)39-18-16-32-8-2-4-10-36(32)28-39)45-14-6-13-42-43-24-21-34-25-26-48-30-44(34)46(43)50-47(42)45/h1-30H. The summed E-state index contributed by atoms with van der Waals surface area (Å²) in [6, 6.07) is 60.8. The molecule has 0 bridgehead atoms. The summed E-state index contributed by atoms with van der Waals surface area (Å²) in [4.78, 5) is 6.74. The molecule has 3 heteroatoms. The van der Waals surface area contributed by atoms with Crippen LogP contribution in [0.1, 0.15) is 0 Å². The molecule has 0 N–H and O–H groups in total. The predicted molar refractivity (Wildman–Crippen MR) is 210 cm³/mol. The third kappa shape index (κ3) is 4.71. The van der Waals surface area contributed by atoms with Gasteiger partial charge in [-0.1, -0.05) is 115 Å². The van der Waals surface area contributed by atoms with E-state index in [1.807, 2.05) is 18.5 Å². The molecule has 0 aliphatic heterocycles. The van der Waals surface area contributed by atoms with Crippen LogP contribution in [0.2, 0.25) is 0 Å². The second kappa shape index (κ2) is 11.5. The molecule has 10 aromatic rings. The van der Waals surface area contributed by atoms with Crippen molar-refractivity contribution in [3.8, 4) is 22.3 Å². The highest BCUT2D eigenvalue weighted by Crippen LogP contribution is 2.44. The Morgan fingerprint density at radius 2 is 1.00 bits per heavy atom. The molecule has 0 spiro atoms. The van der Waals surface area contributed by atoms with Gasteiger partial charge in [-0.05, 0) is 104 Å². The highest BCUT2D eigenvalue weighted by molar-refractivity contribution is 6.17. The van der Waals surface area contributed by atoms with Gasteiger partial charge in [0.05, 0.1) is 5.69 Å². The number of hydrogen-bond acceptors (Lipinski definition) is 3. The lowest BCUT2D eigenvalue weighted by Crippen LogP contribution is -2.10. The van der Waals surface area contributed by atoms with Crippen LogP contribution < -0.4 is 4.90 Å². The van der Waals surface area contributed by atoms with E-state index in [4.69, 9.17) is 4.42 Å². The molecule has 0 atom stereocenters. The molecule has 0 fully saturated rings. The van der Waals surface area contributed by atoms with Gasteiger partial charge in [0.25, 0.3) is 0 Å².